The molecule has 0 rings (SSSR count). The Morgan fingerprint density at radius 2 is 1.94 bits per heavy atom. The molecule has 0 aliphatic rings. The van der Waals surface area contributed by atoms with Crippen molar-refractivity contribution >= 4 is 24.8 Å². The fraction of sp³-hybridized carbons (Fsp3) is 0.778. The van der Waals surface area contributed by atoms with Crippen LogP contribution in [0.3, 0.4) is 0 Å². The molecule has 94 valence electrons. The highest BCUT2D eigenvalue weighted by molar-refractivity contribution is 7.78. The van der Waals surface area contributed by atoms with E-state index in [1.807, 2.05) is 0 Å². The predicted molar refractivity (Wildman–Crippen MR) is 62.2 cm³/mol. The smallest absolute Gasteiger partial charge is 0.408 e. The Hall–Kier alpha value is -0.950. The molecule has 0 aromatic carbocycles. The number of thiol groups is 1. The molecule has 16 heavy (non-hydrogen) atoms. The Labute approximate surface area is 101 Å². The van der Waals surface area contributed by atoms with Crippen LogP contribution in [-0.2, 0) is 14.3 Å². The van der Waals surface area contributed by atoms with Gasteiger partial charge in [-0.1, -0.05) is 12.8 Å². The van der Waals surface area contributed by atoms with Crippen LogP contribution in [0.25, 0.3) is 0 Å². The lowest BCUT2D eigenvalue weighted by Crippen LogP contribution is -2.48. The van der Waals surface area contributed by atoms with Gasteiger partial charge in [0.05, 0.1) is 6.61 Å². The zero-order valence-corrected chi connectivity index (χ0v) is 10.8. The van der Waals surface area contributed by atoms with E-state index in [1.54, 1.807) is 20.8 Å². The molecule has 1 atom stereocenters. The van der Waals surface area contributed by atoms with Crippen LogP contribution in [0.2, 0.25) is 0 Å². The molecule has 0 aromatic heterocycles. The van der Waals surface area contributed by atoms with E-state index in [2.05, 4.69) is 22.9 Å². The molecule has 2 N–H and O–H groups in total. The maximum atomic E-state index is 11.4. The van der Waals surface area contributed by atoms with Crippen molar-refractivity contribution < 1.29 is 19.1 Å². The van der Waals surface area contributed by atoms with E-state index in [-0.39, 0.29) is 6.61 Å². The van der Waals surface area contributed by atoms with E-state index in [0.29, 0.717) is 0 Å². The molecule has 0 fully saturated rings. The number of carbonyl (C=O) groups is 2. The second kappa shape index (κ2) is 6.59. The van der Waals surface area contributed by atoms with Gasteiger partial charge in [0.15, 0.2) is 0 Å². The summed E-state index contributed by atoms with van der Waals surface area (Å²) in [4.78, 5) is 22.6. The highest BCUT2D eigenvalue weighted by atomic mass is 32.1. The van der Waals surface area contributed by atoms with Gasteiger partial charge in [-0.05, 0) is 20.8 Å². The largest absolute Gasteiger partial charge is 0.444 e. The van der Waals surface area contributed by atoms with Gasteiger partial charge in [-0.25, -0.2) is 4.79 Å². The third kappa shape index (κ3) is 6.52. The van der Waals surface area contributed by atoms with Crippen molar-refractivity contribution in [3.8, 4) is 0 Å². The van der Waals surface area contributed by atoms with Gasteiger partial charge in [0, 0.05) is 7.11 Å². The molecule has 0 spiro atoms. The summed E-state index contributed by atoms with van der Waals surface area (Å²) in [5.74, 6) is -0.462. The highest BCUT2D eigenvalue weighted by Gasteiger charge is 2.23. The number of nitrogens with one attached hydrogen (secondary N) is 2. The van der Waals surface area contributed by atoms with Crippen molar-refractivity contribution in [2.75, 3.05) is 13.7 Å². The molecular weight excluding hydrogens is 232 g/mol. The maximum Gasteiger partial charge on any atom is 0.408 e. The van der Waals surface area contributed by atoms with Gasteiger partial charge in [-0.15, -0.1) is 0 Å². The summed E-state index contributed by atoms with van der Waals surface area (Å²) in [5.41, 5.74) is -0.612. The topological polar surface area (TPSA) is 76.7 Å². The Balaban J connectivity index is 4.29. The first kappa shape index (κ1) is 15.0. The van der Waals surface area contributed by atoms with E-state index < -0.39 is 23.6 Å². The van der Waals surface area contributed by atoms with Crippen LogP contribution in [0.5, 0.6) is 0 Å². The summed E-state index contributed by atoms with van der Waals surface area (Å²) >= 11 is 3.61. The van der Waals surface area contributed by atoms with E-state index in [1.165, 1.54) is 7.11 Å². The summed E-state index contributed by atoms with van der Waals surface area (Å²) < 4.78 is 11.9. The number of rotatable bonds is 4. The number of methoxy groups -OCH3 is 1. The van der Waals surface area contributed by atoms with Crippen LogP contribution in [0.4, 0.5) is 4.79 Å². The van der Waals surface area contributed by atoms with Crippen molar-refractivity contribution in [3.63, 3.8) is 0 Å². The van der Waals surface area contributed by atoms with Crippen LogP contribution in [-0.4, -0.2) is 37.4 Å². The number of carbonyl (C=O) groups excluding carboxylic acids is 2. The van der Waals surface area contributed by atoms with E-state index in [4.69, 9.17) is 9.47 Å². The summed E-state index contributed by atoms with van der Waals surface area (Å²) in [6.45, 7) is 5.25. The predicted octanol–water partition coefficient (Wildman–Crippen LogP) is 0.487. The average molecular weight is 250 g/mol. The van der Waals surface area contributed by atoms with Gasteiger partial charge in [0.1, 0.15) is 11.6 Å². The van der Waals surface area contributed by atoms with Gasteiger partial charge < -0.3 is 19.5 Å². The normalized spacial score (nSPS) is 12.8. The quantitative estimate of drug-likeness (QED) is 0.635. The number of alkyl carbamates (subject to hydrolysis) is 1. The van der Waals surface area contributed by atoms with Gasteiger partial charge in [-0.3, -0.25) is 4.79 Å². The van der Waals surface area contributed by atoms with Crippen molar-refractivity contribution in [1.29, 1.82) is 0 Å². The number of hydrogen-bond donors (Lipinski definition) is 3. The van der Waals surface area contributed by atoms with Crippen molar-refractivity contribution in [2.45, 2.75) is 32.4 Å². The Kier molecular flexibility index (Phi) is 6.20. The third-order valence-electron chi connectivity index (χ3n) is 1.45. The monoisotopic (exact) mass is 250 g/mol. The summed E-state index contributed by atoms with van der Waals surface area (Å²) in [6.07, 6.45) is -0.675. The minimum Gasteiger partial charge on any atom is -0.444 e. The number of hydrogen-bond acceptors (Lipinski definition) is 5. The Morgan fingerprint density at radius 1 is 1.38 bits per heavy atom. The molecule has 0 aliphatic carbocycles. The van der Waals surface area contributed by atoms with Crippen LogP contribution in [0.15, 0.2) is 0 Å². The van der Waals surface area contributed by atoms with Crippen LogP contribution in [0.1, 0.15) is 20.8 Å². The molecule has 2 amide bonds. The van der Waals surface area contributed by atoms with Crippen LogP contribution in [0, 0.1) is 0 Å². The molecule has 0 aromatic rings. The standard InChI is InChI=1S/C9H18N2O4S/c1-9(2,3)15-8(13)10-6(5-14-4)7(12)11-16/h6,16H,5H2,1-4H3,(H,10,13)(H,11,12). The second-order valence-electron chi connectivity index (χ2n) is 4.13. The lowest BCUT2D eigenvalue weighted by molar-refractivity contribution is -0.122. The molecule has 0 saturated carbocycles. The first-order valence-corrected chi connectivity index (χ1v) is 5.17. The third-order valence-corrected chi connectivity index (χ3v) is 1.67. The van der Waals surface area contributed by atoms with Crippen molar-refractivity contribution in [1.82, 2.24) is 10.0 Å². The van der Waals surface area contributed by atoms with Crippen molar-refractivity contribution in [2.24, 2.45) is 0 Å². The SMILES string of the molecule is COCC(NC(=O)OC(C)(C)C)C(=O)NS. The molecular formula is C9H18N2O4S. The van der Waals surface area contributed by atoms with Gasteiger partial charge in [0.2, 0.25) is 0 Å². The molecule has 0 saturated heterocycles. The molecule has 0 aliphatic heterocycles. The second-order valence-corrected chi connectivity index (χ2v) is 4.35. The number of ether oxygens (including phenoxy) is 2. The van der Waals surface area contributed by atoms with Gasteiger partial charge in [0.25, 0.3) is 5.91 Å². The van der Waals surface area contributed by atoms with E-state index in [0.717, 1.165) is 0 Å². The summed E-state index contributed by atoms with van der Waals surface area (Å²) in [7, 11) is 1.43. The molecule has 1 unspecified atom stereocenters. The minimum absolute atomic E-state index is 0.0473. The minimum atomic E-state index is -0.822. The lowest BCUT2D eigenvalue weighted by Gasteiger charge is -2.22. The molecule has 6 nitrogen and oxygen atoms in total. The van der Waals surface area contributed by atoms with Crippen LogP contribution < -0.4 is 10.0 Å². The van der Waals surface area contributed by atoms with Crippen LogP contribution >= 0.6 is 12.8 Å². The fourth-order valence-corrected chi connectivity index (χ4v) is 1.03. The van der Waals surface area contributed by atoms with Gasteiger partial charge >= 0.3 is 6.09 Å². The Morgan fingerprint density at radius 3 is 2.31 bits per heavy atom. The average Bonchev–Trinajstić information content (AvgIpc) is 2.13. The number of amides is 2. The first-order chi connectivity index (χ1) is 7.30. The zero-order valence-electron chi connectivity index (χ0n) is 9.86. The fourth-order valence-electron chi connectivity index (χ4n) is 0.877. The molecule has 7 heteroatoms. The van der Waals surface area contributed by atoms with E-state index >= 15 is 0 Å². The van der Waals surface area contributed by atoms with E-state index in [9.17, 15) is 9.59 Å². The molecule has 0 bridgehead atoms. The summed E-state index contributed by atoms with van der Waals surface area (Å²) in [6, 6.07) is -0.822. The first-order valence-electron chi connectivity index (χ1n) is 4.72. The zero-order chi connectivity index (χ0) is 12.8. The maximum absolute atomic E-state index is 11.4. The Bertz CT molecular complexity index is 252. The molecule has 0 radical (unpaired) electrons. The molecule has 0 heterocycles. The lowest BCUT2D eigenvalue weighted by atomic mass is 10.2. The van der Waals surface area contributed by atoms with Crippen molar-refractivity contribution in [3.05, 3.63) is 0 Å². The summed E-state index contributed by atoms with van der Waals surface area (Å²) in [5, 5.41) is 2.38. The highest BCUT2D eigenvalue weighted by Crippen LogP contribution is 2.06. The van der Waals surface area contributed by atoms with Gasteiger partial charge in [-0.2, -0.15) is 0 Å².